The number of piperidine rings is 1. The Morgan fingerprint density at radius 1 is 1.14 bits per heavy atom. The highest BCUT2D eigenvalue weighted by Crippen LogP contribution is 2.30. The molecular weight excluding hydrogens is 294 g/mol. The molecule has 0 unspecified atom stereocenters. The van der Waals surface area contributed by atoms with E-state index >= 15 is 0 Å². The summed E-state index contributed by atoms with van der Waals surface area (Å²) in [4.78, 5) is 6.94. The lowest BCUT2D eigenvalue weighted by atomic mass is 10.0. The fourth-order valence-corrected chi connectivity index (χ4v) is 3.53. The lowest BCUT2D eigenvalue weighted by molar-refractivity contribution is 0.409. The molecule has 4 rings (SSSR count). The minimum absolute atomic E-state index is 0.694. The van der Waals surface area contributed by atoms with Gasteiger partial charge >= 0.3 is 0 Å². The van der Waals surface area contributed by atoms with E-state index in [1.807, 2.05) is 18.3 Å². The summed E-state index contributed by atoms with van der Waals surface area (Å²) < 4.78 is 0. The molecule has 4 heteroatoms. The van der Waals surface area contributed by atoms with Crippen molar-refractivity contribution < 1.29 is 0 Å². The molecule has 1 aliphatic heterocycles. The van der Waals surface area contributed by atoms with Crippen molar-refractivity contribution >= 4 is 28.2 Å². The topological polar surface area (TPSA) is 28.2 Å². The van der Waals surface area contributed by atoms with Crippen molar-refractivity contribution in [3.05, 3.63) is 35.5 Å². The van der Waals surface area contributed by atoms with Crippen LogP contribution in [-0.2, 0) is 0 Å². The summed E-state index contributed by atoms with van der Waals surface area (Å²) in [6, 6.07) is 8.83. The summed E-state index contributed by atoms with van der Waals surface area (Å²) in [6.07, 6.45) is 7.20. The van der Waals surface area contributed by atoms with Gasteiger partial charge in [0.15, 0.2) is 0 Å². The van der Waals surface area contributed by atoms with Gasteiger partial charge in [-0.3, -0.25) is 4.98 Å². The van der Waals surface area contributed by atoms with Crippen LogP contribution in [0.4, 0.5) is 5.69 Å². The van der Waals surface area contributed by atoms with Crippen LogP contribution in [0.15, 0.2) is 30.5 Å². The molecule has 1 N–H and O–H groups in total. The van der Waals surface area contributed by atoms with E-state index in [0.29, 0.717) is 6.04 Å². The second kappa shape index (κ2) is 6.05. The molecule has 3 nitrogen and oxygen atoms in total. The Labute approximate surface area is 136 Å². The average Bonchev–Trinajstić information content (AvgIpc) is 3.37. The third-order valence-corrected chi connectivity index (χ3v) is 5.14. The van der Waals surface area contributed by atoms with Crippen LogP contribution < -0.4 is 10.2 Å². The molecule has 1 saturated heterocycles. The van der Waals surface area contributed by atoms with Crippen molar-refractivity contribution in [1.29, 1.82) is 0 Å². The molecule has 2 fully saturated rings. The predicted molar refractivity (Wildman–Crippen MR) is 92.7 cm³/mol. The normalized spacial score (nSPS) is 19.8. The minimum atomic E-state index is 0.694. The summed E-state index contributed by atoms with van der Waals surface area (Å²) in [5.41, 5.74) is 2.28. The average molecular weight is 316 g/mol. The summed E-state index contributed by atoms with van der Waals surface area (Å²) in [5.74, 6) is 0.965. The number of fused-ring (bicyclic) bond motifs is 1. The minimum Gasteiger partial charge on any atom is -0.371 e. The molecule has 0 spiro atoms. The highest BCUT2D eigenvalue weighted by atomic mass is 35.5. The van der Waals surface area contributed by atoms with Crippen LogP contribution in [0, 0.1) is 5.92 Å². The maximum absolute atomic E-state index is 6.08. The maximum Gasteiger partial charge on any atom is 0.0737 e. The van der Waals surface area contributed by atoms with Gasteiger partial charge in [-0.1, -0.05) is 11.6 Å². The monoisotopic (exact) mass is 315 g/mol. The van der Waals surface area contributed by atoms with E-state index in [0.717, 1.165) is 29.5 Å². The molecule has 0 radical (unpaired) electrons. The van der Waals surface area contributed by atoms with E-state index in [-0.39, 0.29) is 0 Å². The molecule has 1 aromatic heterocycles. The highest BCUT2D eigenvalue weighted by Gasteiger charge is 2.24. The second-order valence-corrected chi connectivity index (χ2v) is 7.04. The van der Waals surface area contributed by atoms with Crippen LogP contribution in [0.3, 0.4) is 0 Å². The standard InChI is InChI=1S/C18H22ClN3/c19-14-3-4-16-17(11-14)20-8-5-18(16)22-9-6-15(7-10-22)21-12-13-1-2-13/h3-5,8,11,13,15,21H,1-2,6-7,9-10,12H2. The van der Waals surface area contributed by atoms with Crippen molar-refractivity contribution in [1.82, 2.24) is 10.3 Å². The van der Waals surface area contributed by atoms with Gasteiger partial charge in [-0.15, -0.1) is 0 Å². The zero-order chi connectivity index (χ0) is 14.9. The second-order valence-electron chi connectivity index (χ2n) is 6.60. The van der Waals surface area contributed by atoms with E-state index in [9.17, 15) is 0 Å². The Morgan fingerprint density at radius 3 is 2.73 bits per heavy atom. The van der Waals surface area contributed by atoms with E-state index in [2.05, 4.69) is 27.3 Å². The van der Waals surface area contributed by atoms with Crippen molar-refractivity contribution in [2.75, 3.05) is 24.5 Å². The third-order valence-electron chi connectivity index (χ3n) is 4.91. The Kier molecular flexibility index (Phi) is 3.93. The molecule has 1 aromatic carbocycles. The van der Waals surface area contributed by atoms with Gasteiger partial charge in [-0.25, -0.2) is 0 Å². The largest absolute Gasteiger partial charge is 0.371 e. The quantitative estimate of drug-likeness (QED) is 0.928. The van der Waals surface area contributed by atoms with Gasteiger partial charge in [0.05, 0.1) is 5.52 Å². The Morgan fingerprint density at radius 2 is 1.95 bits per heavy atom. The molecule has 1 aliphatic carbocycles. The molecule has 0 bridgehead atoms. The van der Waals surface area contributed by atoms with Crippen LogP contribution in [0.5, 0.6) is 0 Å². The molecule has 2 aromatic rings. The first-order valence-corrected chi connectivity index (χ1v) is 8.70. The van der Waals surface area contributed by atoms with Gasteiger partial charge in [0.2, 0.25) is 0 Å². The molecule has 22 heavy (non-hydrogen) atoms. The zero-order valence-electron chi connectivity index (χ0n) is 12.8. The maximum atomic E-state index is 6.08. The van der Waals surface area contributed by atoms with Crippen LogP contribution in [0.25, 0.3) is 10.9 Å². The van der Waals surface area contributed by atoms with Crippen LogP contribution in [0.2, 0.25) is 5.02 Å². The number of anilines is 1. The summed E-state index contributed by atoms with van der Waals surface area (Å²) in [6.45, 7) is 3.45. The lowest BCUT2D eigenvalue weighted by Gasteiger charge is -2.34. The molecule has 2 heterocycles. The van der Waals surface area contributed by atoms with Crippen molar-refractivity contribution in [3.63, 3.8) is 0 Å². The van der Waals surface area contributed by atoms with E-state index in [4.69, 9.17) is 11.6 Å². The number of benzene rings is 1. The number of halogens is 1. The number of nitrogens with one attached hydrogen (secondary N) is 1. The smallest absolute Gasteiger partial charge is 0.0737 e. The molecule has 0 amide bonds. The van der Waals surface area contributed by atoms with Gasteiger partial charge in [0, 0.05) is 41.4 Å². The molecular formula is C18H22ClN3. The number of rotatable bonds is 4. The fraction of sp³-hybridized carbons (Fsp3) is 0.500. The van der Waals surface area contributed by atoms with Gasteiger partial charge in [0.1, 0.15) is 0 Å². The first-order valence-electron chi connectivity index (χ1n) is 8.32. The SMILES string of the molecule is Clc1ccc2c(N3CCC(NCC4CC4)CC3)ccnc2c1. The van der Waals surface area contributed by atoms with Crippen LogP contribution >= 0.6 is 11.6 Å². The Balaban J connectivity index is 1.46. The van der Waals surface area contributed by atoms with Gasteiger partial charge < -0.3 is 10.2 Å². The molecule has 1 saturated carbocycles. The summed E-state index contributed by atoms with van der Waals surface area (Å²) in [7, 11) is 0. The highest BCUT2D eigenvalue weighted by molar-refractivity contribution is 6.31. The van der Waals surface area contributed by atoms with Crippen LogP contribution in [0.1, 0.15) is 25.7 Å². The first-order chi connectivity index (χ1) is 10.8. The number of hydrogen-bond donors (Lipinski definition) is 1. The summed E-state index contributed by atoms with van der Waals surface area (Å²) in [5, 5.41) is 5.70. The molecule has 2 aliphatic rings. The third kappa shape index (κ3) is 3.06. The Bertz CT molecular complexity index is 660. The fourth-order valence-electron chi connectivity index (χ4n) is 3.36. The molecule has 116 valence electrons. The van der Waals surface area contributed by atoms with Crippen molar-refractivity contribution in [3.8, 4) is 0 Å². The predicted octanol–water partition coefficient (Wildman–Crippen LogP) is 3.86. The van der Waals surface area contributed by atoms with Gasteiger partial charge in [-0.2, -0.15) is 0 Å². The first kappa shape index (κ1) is 14.3. The van der Waals surface area contributed by atoms with Crippen molar-refractivity contribution in [2.24, 2.45) is 5.92 Å². The number of aromatic nitrogens is 1. The van der Waals surface area contributed by atoms with Crippen molar-refractivity contribution in [2.45, 2.75) is 31.7 Å². The summed E-state index contributed by atoms with van der Waals surface area (Å²) >= 11 is 6.08. The Hall–Kier alpha value is -1.32. The van der Waals surface area contributed by atoms with E-state index in [1.54, 1.807) is 0 Å². The zero-order valence-corrected chi connectivity index (χ0v) is 13.5. The van der Waals surface area contributed by atoms with Gasteiger partial charge in [-0.05, 0) is 62.4 Å². The van der Waals surface area contributed by atoms with Gasteiger partial charge in [0.25, 0.3) is 0 Å². The molecule has 0 atom stereocenters. The van der Waals surface area contributed by atoms with E-state index < -0.39 is 0 Å². The van der Waals surface area contributed by atoms with E-state index in [1.165, 1.54) is 43.3 Å². The number of nitrogens with zero attached hydrogens (tertiary/aromatic N) is 2. The lowest BCUT2D eigenvalue weighted by Crippen LogP contribution is -2.43. The van der Waals surface area contributed by atoms with Crippen LogP contribution in [-0.4, -0.2) is 30.7 Å². The number of hydrogen-bond acceptors (Lipinski definition) is 3. The number of pyridine rings is 1.